The average molecular weight is 397 g/mol. The molecule has 9 heteroatoms. The number of hydrogen-bond donors (Lipinski definition) is 2. The van der Waals surface area contributed by atoms with Crippen LogP contribution < -0.4 is 15.8 Å². The minimum atomic E-state index is 0.169. The number of ether oxygens (including phenoxy) is 1. The zero-order valence-electron chi connectivity index (χ0n) is 14.4. The number of para-hydroxylation sites is 3. The summed E-state index contributed by atoms with van der Waals surface area (Å²) in [7, 11) is 1.61. The van der Waals surface area contributed by atoms with Crippen LogP contribution in [0.25, 0.3) is 10.2 Å². The van der Waals surface area contributed by atoms with Gasteiger partial charge in [-0.3, -0.25) is 0 Å². The maximum atomic E-state index is 5.86. The second-order valence-electron chi connectivity index (χ2n) is 5.49. The van der Waals surface area contributed by atoms with Crippen LogP contribution in [0.5, 0.6) is 5.75 Å². The summed E-state index contributed by atoms with van der Waals surface area (Å²) < 4.78 is 7.46. The van der Waals surface area contributed by atoms with E-state index in [0.717, 1.165) is 20.2 Å². The van der Waals surface area contributed by atoms with Crippen molar-refractivity contribution in [2.45, 2.75) is 10.1 Å². The largest absolute Gasteiger partial charge is 0.495 e. The normalized spacial score (nSPS) is 10.9. The Morgan fingerprint density at radius 2 is 1.85 bits per heavy atom. The van der Waals surface area contributed by atoms with Crippen LogP contribution in [0.2, 0.25) is 0 Å². The number of thiazole rings is 1. The van der Waals surface area contributed by atoms with Crippen molar-refractivity contribution >= 4 is 50.9 Å². The van der Waals surface area contributed by atoms with E-state index in [0.29, 0.717) is 23.3 Å². The molecule has 0 aliphatic carbocycles. The lowest BCUT2D eigenvalue weighted by atomic mass is 10.3. The topological polar surface area (TPSA) is 98.8 Å². The van der Waals surface area contributed by atoms with Gasteiger partial charge < -0.3 is 15.8 Å². The summed E-state index contributed by atoms with van der Waals surface area (Å²) in [6, 6.07) is 15.6. The summed E-state index contributed by atoms with van der Waals surface area (Å²) in [5.41, 5.74) is 7.62. The Morgan fingerprint density at radius 1 is 1.04 bits per heavy atom. The molecule has 0 fully saturated rings. The second kappa shape index (κ2) is 7.77. The molecule has 136 valence electrons. The monoisotopic (exact) mass is 396 g/mol. The Hall–Kier alpha value is -2.91. The molecule has 0 aliphatic heterocycles. The van der Waals surface area contributed by atoms with E-state index in [9.17, 15) is 0 Å². The molecule has 7 nitrogen and oxygen atoms in total. The van der Waals surface area contributed by atoms with Gasteiger partial charge in [0.25, 0.3) is 0 Å². The number of nitrogens with two attached hydrogens (primary N) is 1. The molecule has 0 saturated heterocycles. The number of anilines is 3. The first-order valence-electron chi connectivity index (χ1n) is 8.10. The van der Waals surface area contributed by atoms with Crippen molar-refractivity contribution in [1.29, 1.82) is 0 Å². The number of nitrogens with one attached hydrogen (secondary N) is 1. The first kappa shape index (κ1) is 17.5. The van der Waals surface area contributed by atoms with Crippen molar-refractivity contribution in [2.75, 3.05) is 18.2 Å². The van der Waals surface area contributed by atoms with Gasteiger partial charge in [-0.1, -0.05) is 36.0 Å². The molecule has 2 heterocycles. The van der Waals surface area contributed by atoms with Crippen molar-refractivity contribution in [1.82, 2.24) is 19.9 Å². The molecule has 0 aliphatic rings. The molecule has 2 aromatic heterocycles. The van der Waals surface area contributed by atoms with E-state index in [4.69, 9.17) is 10.5 Å². The van der Waals surface area contributed by atoms with Crippen LogP contribution in [0.3, 0.4) is 0 Å². The third-order valence-corrected chi connectivity index (χ3v) is 5.83. The first-order valence-corrected chi connectivity index (χ1v) is 9.90. The third kappa shape index (κ3) is 4.09. The number of nitrogens with zero attached hydrogens (tertiary/aromatic N) is 4. The van der Waals surface area contributed by atoms with Gasteiger partial charge in [0.15, 0.2) is 4.34 Å². The maximum absolute atomic E-state index is 5.86. The van der Waals surface area contributed by atoms with E-state index in [2.05, 4.69) is 31.3 Å². The van der Waals surface area contributed by atoms with Crippen molar-refractivity contribution in [3.05, 3.63) is 54.4 Å². The van der Waals surface area contributed by atoms with Gasteiger partial charge in [-0.2, -0.15) is 15.0 Å². The van der Waals surface area contributed by atoms with Crippen LogP contribution in [0, 0.1) is 0 Å². The zero-order valence-corrected chi connectivity index (χ0v) is 16.0. The van der Waals surface area contributed by atoms with Gasteiger partial charge >= 0.3 is 0 Å². The van der Waals surface area contributed by atoms with Crippen molar-refractivity contribution in [2.24, 2.45) is 0 Å². The van der Waals surface area contributed by atoms with Gasteiger partial charge in [0, 0.05) is 0 Å². The van der Waals surface area contributed by atoms with E-state index < -0.39 is 0 Å². The Bertz CT molecular complexity index is 1050. The lowest BCUT2D eigenvalue weighted by molar-refractivity contribution is 0.417. The summed E-state index contributed by atoms with van der Waals surface area (Å²) in [6.45, 7) is 0. The predicted molar refractivity (Wildman–Crippen MR) is 110 cm³/mol. The maximum Gasteiger partial charge on any atom is 0.232 e. The summed E-state index contributed by atoms with van der Waals surface area (Å²) in [5, 5.41) is 3.13. The van der Waals surface area contributed by atoms with Gasteiger partial charge in [-0.25, -0.2) is 4.98 Å². The molecule has 2 aromatic carbocycles. The van der Waals surface area contributed by atoms with Crippen LogP contribution in [0.4, 0.5) is 17.6 Å². The van der Waals surface area contributed by atoms with Gasteiger partial charge in [-0.05, 0) is 24.3 Å². The number of thioether (sulfide) groups is 1. The highest BCUT2D eigenvalue weighted by Gasteiger charge is 2.10. The van der Waals surface area contributed by atoms with Crippen LogP contribution in [0.1, 0.15) is 5.82 Å². The highest BCUT2D eigenvalue weighted by molar-refractivity contribution is 8.00. The van der Waals surface area contributed by atoms with E-state index >= 15 is 0 Å². The molecule has 0 atom stereocenters. The molecule has 0 saturated carbocycles. The smallest absolute Gasteiger partial charge is 0.232 e. The van der Waals surface area contributed by atoms with Crippen molar-refractivity contribution < 1.29 is 4.74 Å². The fourth-order valence-electron chi connectivity index (χ4n) is 2.47. The molecule has 4 rings (SSSR count). The number of aromatic nitrogens is 4. The summed E-state index contributed by atoms with van der Waals surface area (Å²) in [6.07, 6.45) is 0. The molecule has 3 N–H and O–H groups in total. The highest BCUT2D eigenvalue weighted by Crippen LogP contribution is 2.31. The number of rotatable bonds is 6. The Balaban J connectivity index is 1.51. The van der Waals surface area contributed by atoms with Gasteiger partial charge in [0.1, 0.15) is 11.6 Å². The fraction of sp³-hybridized carbons (Fsp3) is 0.111. The van der Waals surface area contributed by atoms with Crippen LogP contribution >= 0.6 is 23.1 Å². The van der Waals surface area contributed by atoms with E-state index in [1.54, 1.807) is 30.2 Å². The minimum absolute atomic E-state index is 0.169. The number of hydrogen-bond acceptors (Lipinski definition) is 9. The molecule has 27 heavy (non-hydrogen) atoms. The molecule has 4 aromatic rings. The minimum Gasteiger partial charge on any atom is -0.495 e. The number of nitrogen functional groups attached to an aromatic ring is 1. The van der Waals surface area contributed by atoms with Crippen molar-refractivity contribution in [3.63, 3.8) is 0 Å². The summed E-state index contributed by atoms with van der Waals surface area (Å²) in [4.78, 5) is 17.5. The first-order chi connectivity index (χ1) is 13.2. The zero-order chi connectivity index (χ0) is 18.6. The quantitative estimate of drug-likeness (QED) is 0.470. The molecule has 0 bridgehead atoms. The van der Waals surface area contributed by atoms with E-state index in [-0.39, 0.29) is 5.95 Å². The van der Waals surface area contributed by atoms with E-state index in [1.807, 2.05) is 42.5 Å². The van der Waals surface area contributed by atoms with Crippen LogP contribution in [-0.4, -0.2) is 27.0 Å². The molecule has 0 amide bonds. The van der Waals surface area contributed by atoms with Gasteiger partial charge in [0.2, 0.25) is 11.9 Å². The van der Waals surface area contributed by atoms with Crippen LogP contribution in [-0.2, 0) is 5.75 Å². The fourth-order valence-corrected chi connectivity index (χ4v) is 4.39. The molecule has 0 unspecified atom stereocenters. The SMILES string of the molecule is COc1ccccc1Nc1nc(N)nc(CSc2nc3ccccc3s2)n1. The molecule has 0 spiro atoms. The van der Waals surface area contributed by atoms with Gasteiger partial charge in [-0.15, -0.1) is 11.3 Å². The van der Waals surface area contributed by atoms with E-state index in [1.165, 1.54) is 0 Å². The van der Waals surface area contributed by atoms with Crippen LogP contribution in [0.15, 0.2) is 52.9 Å². The lowest BCUT2D eigenvalue weighted by Gasteiger charge is -2.10. The lowest BCUT2D eigenvalue weighted by Crippen LogP contribution is -2.07. The highest BCUT2D eigenvalue weighted by atomic mass is 32.2. The van der Waals surface area contributed by atoms with Crippen molar-refractivity contribution in [3.8, 4) is 5.75 Å². The molecule has 0 radical (unpaired) electrons. The molecular weight excluding hydrogens is 380 g/mol. The summed E-state index contributed by atoms with van der Waals surface area (Å²) in [5.74, 6) is 2.38. The van der Waals surface area contributed by atoms with Gasteiger partial charge in [0.05, 0.1) is 28.8 Å². The third-order valence-electron chi connectivity index (χ3n) is 3.65. The molecular formula is C18H16N6OS2. The standard InChI is InChI=1S/C18H16N6OS2/c1-25-13-8-4-2-6-11(13)20-17-23-15(22-16(19)24-17)10-26-18-21-12-7-3-5-9-14(12)27-18/h2-9H,10H2,1H3,(H3,19,20,22,23,24). The predicted octanol–water partition coefficient (Wildman–Crippen LogP) is 4.11. The second-order valence-corrected chi connectivity index (χ2v) is 7.75. The summed E-state index contributed by atoms with van der Waals surface area (Å²) >= 11 is 3.23. The number of benzene rings is 2. The Labute approximate surface area is 164 Å². The Morgan fingerprint density at radius 3 is 2.70 bits per heavy atom. The number of fused-ring (bicyclic) bond motifs is 1. The number of methoxy groups -OCH3 is 1. The average Bonchev–Trinajstić information content (AvgIpc) is 3.09. The Kier molecular flexibility index (Phi) is 5.03.